The Balaban J connectivity index is 1.78. The highest BCUT2D eigenvalue weighted by molar-refractivity contribution is 6.08. The minimum Gasteiger partial charge on any atom is -0.465 e. The van der Waals surface area contributed by atoms with E-state index in [1.807, 2.05) is 0 Å². The van der Waals surface area contributed by atoms with Crippen molar-refractivity contribution >= 4 is 23.5 Å². The molecule has 1 aliphatic heterocycles. The molecular formula is C19H19N3O5. The van der Waals surface area contributed by atoms with E-state index in [4.69, 9.17) is 9.47 Å². The number of aromatic nitrogens is 1. The van der Waals surface area contributed by atoms with Crippen LogP contribution >= 0.6 is 0 Å². The molecule has 0 bridgehead atoms. The van der Waals surface area contributed by atoms with E-state index in [1.165, 1.54) is 25.6 Å². The highest BCUT2D eigenvalue weighted by Gasteiger charge is 2.20. The fourth-order valence-electron chi connectivity index (χ4n) is 2.70. The maximum absolute atomic E-state index is 12.6. The van der Waals surface area contributed by atoms with Gasteiger partial charge in [0.1, 0.15) is 0 Å². The zero-order chi connectivity index (χ0) is 19.2. The van der Waals surface area contributed by atoms with E-state index in [-0.39, 0.29) is 17.0 Å². The van der Waals surface area contributed by atoms with Crippen LogP contribution in [0.25, 0.3) is 0 Å². The normalized spacial score (nSPS) is 13.7. The summed E-state index contributed by atoms with van der Waals surface area (Å²) in [5, 5.41) is 2.66. The Labute approximate surface area is 156 Å². The van der Waals surface area contributed by atoms with Crippen LogP contribution in [0.4, 0.5) is 5.69 Å². The highest BCUT2D eigenvalue weighted by atomic mass is 16.5. The number of hydrogen-bond donors (Lipinski definition) is 1. The van der Waals surface area contributed by atoms with Gasteiger partial charge in [0.2, 0.25) is 0 Å². The first kappa shape index (κ1) is 18.5. The summed E-state index contributed by atoms with van der Waals surface area (Å²) in [6, 6.07) is 8.00. The number of carbonyl (C=O) groups is 3. The third-order valence-electron chi connectivity index (χ3n) is 4.13. The lowest BCUT2D eigenvalue weighted by Gasteiger charge is -2.26. The summed E-state index contributed by atoms with van der Waals surface area (Å²) in [4.78, 5) is 42.6. The minimum absolute atomic E-state index is 0.199. The number of amides is 2. The van der Waals surface area contributed by atoms with Gasteiger partial charge in [-0.3, -0.25) is 14.6 Å². The summed E-state index contributed by atoms with van der Waals surface area (Å²) in [6.07, 6.45) is 2.79. The van der Waals surface area contributed by atoms with Crippen LogP contribution in [0.2, 0.25) is 0 Å². The standard InChI is InChI=1S/C19H19N3O5/c1-26-19(25)15-4-2-3-5-16(15)21-17(23)13-10-14(12-20-11-13)18(24)22-6-8-27-9-7-22/h2-5,10-12H,6-9H2,1H3,(H,21,23). The molecule has 1 aliphatic rings. The van der Waals surface area contributed by atoms with Crippen LogP contribution in [0.15, 0.2) is 42.7 Å². The van der Waals surface area contributed by atoms with Crippen molar-refractivity contribution in [3.05, 3.63) is 59.4 Å². The molecule has 0 radical (unpaired) electrons. The second kappa shape index (κ2) is 8.41. The zero-order valence-electron chi connectivity index (χ0n) is 14.8. The van der Waals surface area contributed by atoms with Crippen LogP contribution in [0, 0.1) is 0 Å². The number of para-hydroxylation sites is 1. The number of methoxy groups -OCH3 is 1. The van der Waals surface area contributed by atoms with Gasteiger partial charge in [0, 0.05) is 25.5 Å². The first-order chi connectivity index (χ1) is 13.1. The molecule has 0 aliphatic carbocycles. The second-order valence-corrected chi connectivity index (χ2v) is 5.86. The molecule has 8 nitrogen and oxygen atoms in total. The summed E-state index contributed by atoms with van der Waals surface area (Å²) in [5.41, 5.74) is 1.10. The average Bonchev–Trinajstić information content (AvgIpc) is 2.73. The quantitative estimate of drug-likeness (QED) is 0.822. The molecule has 1 fully saturated rings. The number of morpholine rings is 1. The van der Waals surface area contributed by atoms with Crippen molar-refractivity contribution in [2.75, 3.05) is 38.7 Å². The topological polar surface area (TPSA) is 97.8 Å². The van der Waals surface area contributed by atoms with Crippen LogP contribution in [0.1, 0.15) is 31.1 Å². The third-order valence-corrected chi connectivity index (χ3v) is 4.13. The first-order valence-corrected chi connectivity index (χ1v) is 8.41. The molecule has 1 aromatic carbocycles. The van der Waals surface area contributed by atoms with Crippen molar-refractivity contribution < 1.29 is 23.9 Å². The van der Waals surface area contributed by atoms with Gasteiger partial charge in [-0.25, -0.2) is 4.79 Å². The van der Waals surface area contributed by atoms with E-state index in [0.29, 0.717) is 37.6 Å². The molecule has 2 amide bonds. The van der Waals surface area contributed by atoms with Gasteiger partial charge >= 0.3 is 5.97 Å². The van der Waals surface area contributed by atoms with Gasteiger partial charge in [0.25, 0.3) is 11.8 Å². The molecule has 0 saturated carbocycles. The molecule has 8 heteroatoms. The van der Waals surface area contributed by atoms with Crippen molar-refractivity contribution in [2.24, 2.45) is 0 Å². The van der Waals surface area contributed by atoms with Gasteiger partial charge in [-0.15, -0.1) is 0 Å². The number of hydrogen-bond acceptors (Lipinski definition) is 6. The summed E-state index contributed by atoms with van der Waals surface area (Å²) in [7, 11) is 1.27. The molecule has 1 aromatic heterocycles. The Bertz CT molecular complexity index is 862. The Hall–Kier alpha value is -3.26. The molecular weight excluding hydrogens is 350 g/mol. The molecule has 3 rings (SSSR count). The summed E-state index contributed by atoms with van der Waals surface area (Å²) in [6.45, 7) is 1.98. The number of pyridine rings is 1. The Kier molecular flexibility index (Phi) is 5.77. The number of anilines is 1. The highest BCUT2D eigenvalue weighted by Crippen LogP contribution is 2.17. The predicted molar refractivity (Wildman–Crippen MR) is 96.7 cm³/mol. The second-order valence-electron chi connectivity index (χ2n) is 5.86. The molecule has 0 spiro atoms. The smallest absolute Gasteiger partial charge is 0.339 e. The van der Waals surface area contributed by atoms with Gasteiger partial charge in [-0.1, -0.05) is 12.1 Å². The average molecular weight is 369 g/mol. The molecule has 0 atom stereocenters. The minimum atomic E-state index is -0.555. The van der Waals surface area contributed by atoms with Gasteiger partial charge in [0.05, 0.1) is 42.7 Å². The number of carbonyl (C=O) groups excluding carboxylic acids is 3. The van der Waals surface area contributed by atoms with Crippen molar-refractivity contribution in [1.29, 1.82) is 0 Å². The Morgan fingerprint density at radius 1 is 1.11 bits per heavy atom. The van der Waals surface area contributed by atoms with Crippen molar-refractivity contribution in [2.45, 2.75) is 0 Å². The van der Waals surface area contributed by atoms with E-state index in [2.05, 4.69) is 10.3 Å². The number of ether oxygens (including phenoxy) is 2. The molecule has 140 valence electrons. The van der Waals surface area contributed by atoms with Gasteiger partial charge < -0.3 is 19.7 Å². The molecule has 1 N–H and O–H groups in total. The van der Waals surface area contributed by atoms with Crippen LogP contribution in [-0.2, 0) is 9.47 Å². The lowest BCUT2D eigenvalue weighted by atomic mass is 10.1. The third kappa shape index (κ3) is 4.29. The van der Waals surface area contributed by atoms with Crippen molar-refractivity contribution in [3.8, 4) is 0 Å². The molecule has 1 saturated heterocycles. The zero-order valence-corrected chi connectivity index (χ0v) is 14.8. The Morgan fingerprint density at radius 2 is 1.81 bits per heavy atom. The van der Waals surface area contributed by atoms with E-state index in [1.54, 1.807) is 29.2 Å². The van der Waals surface area contributed by atoms with Crippen LogP contribution < -0.4 is 5.32 Å². The van der Waals surface area contributed by atoms with Gasteiger partial charge in [0.15, 0.2) is 0 Å². The summed E-state index contributed by atoms with van der Waals surface area (Å²) >= 11 is 0. The SMILES string of the molecule is COC(=O)c1ccccc1NC(=O)c1cncc(C(=O)N2CCOCC2)c1. The van der Waals surface area contributed by atoms with Crippen LogP contribution in [-0.4, -0.2) is 61.1 Å². The van der Waals surface area contributed by atoms with E-state index < -0.39 is 11.9 Å². The molecule has 2 heterocycles. The number of nitrogens with one attached hydrogen (secondary N) is 1. The lowest BCUT2D eigenvalue weighted by molar-refractivity contribution is 0.0302. The largest absolute Gasteiger partial charge is 0.465 e. The summed E-state index contributed by atoms with van der Waals surface area (Å²) in [5.74, 6) is -1.23. The van der Waals surface area contributed by atoms with Crippen molar-refractivity contribution in [3.63, 3.8) is 0 Å². The maximum atomic E-state index is 12.6. The van der Waals surface area contributed by atoms with E-state index in [9.17, 15) is 14.4 Å². The van der Waals surface area contributed by atoms with Crippen LogP contribution in [0.5, 0.6) is 0 Å². The number of rotatable bonds is 4. The Morgan fingerprint density at radius 3 is 2.56 bits per heavy atom. The predicted octanol–water partition coefficient (Wildman–Crippen LogP) is 1.59. The maximum Gasteiger partial charge on any atom is 0.339 e. The molecule has 2 aromatic rings. The monoisotopic (exact) mass is 369 g/mol. The molecule has 0 unspecified atom stereocenters. The van der Waals surface area contributed by atoms with Gasteiger partial charge in [-0.2, -0.15) is 0 Å². The number of nitrogens with zero attached hydrogens (tertiary/aromatic N) is 2. The van der Waals surface area contributed by atoms with E-state index >= 15 is 0 Å². The van der Waals surface area contributed by atoms with E-state index in [0.717, 1.165) is 0 Å². The van der Waals surface area contributed by atoms with Crippen LogP contribution in [0.3, 0.4) is 0 Å². The van der Waals surface area contributed by atoms with Gasteiger partial charge in [-0.05, 0) is 18.2 Å². The fourth-order valence-corrected chi connectivity index (χ4v) is 2.70. The summed E-state index contributed by atoms with van der Waals surface area (Å²) < 4.78 is 9.96. The first-order valence-electron chi connectivity index (χ1n) is 8.41. The molecule has 27 heavy (non-hydrogen) atoms. The lowest BCUT2D eigenvalue weighted by Crippen LogP contribution is -2.40. The number of esters is 1. The van der Waals surface area contributed by atoms with Crippen molar-refractivity contribution in [1.82, 2.24) is 9.88 Å². The fraction of sp³-hybridized carbons (Fsp3) is 0.263. The number of benzene rings is 1.